The molecule has 1 amide bonds. The summed E-state index contributed by atoms with van der Waals surface area (Å²) in [6.45, 7) is 1.93. The van der Waals surface area contributed by atoms with Crippen LogP contribution >= 0.6 is 0 Å². The molecule has 0 radical (unpaired) electrons. The molecule has 0 aliphatic heterocycles. The number of carbonyl (C=O) groups excluding carboxylic acids is 1. The second-order valence-electron chi connectivity index (χ2n) is 4.35. The lowest BCUT2D eigenvalue weighted by Crippen LogP contribution is -2.14. The predicted molar refractivity (Wildman–Crippen MR) is 79.7 cm³/mol. The van der Waals surface area contributed by atoms with Crippen LogP contribution in [0.25, 0.3) is 0 Å². The average molecular weight is 281 g/mol. The second-order valence-corrected chi connectivity index (χ2v) is 4.35. The maximum atomic E-state index is 12.1. The Hall–Kier alpha value is -2.71. The van der Waals surface area contributed by atoms with Crippen LogP contribution < -0.4 is 5.32 Å². The maximum Gasteiger partial charge on any atom is 0.274 e. The van der Waals surface area contributed by atoms with Gasteiger partial charge in [0.15, 0.2) is 0 Å². The van der Waals surface area contributed by atoms with Gasteiger partial charge in [0, 0.05) is 24.4 Å². The summed E-state index contributed by atoms with van der Waals surface area (Å²) in [5.74, 6) is 5.36. The van der Waals surface area contributed by atoms with Crippen molar-refractivity contribution < 1.29 is 9.90 Å². The Kier molecular flexibility index (Phi) is 5.02. The summed E-state index contributed by atoms with van der Waals surface area (Å²) in [6.07, 6.45) is 5.23. The number of carbonyl (C=O) groups is 1. The van der Waals surface area contributed by atoms with Gasteiger partial charge in [0.05, 0.1) is 18.5 Å². The molecule has 21 heavy (non-hydrogen) atoms. The van der Waals surface area contributed by atoms with Gasteiger partial charge in [-0.2, -0.15) is 0 Å². The molecule has 5 nitrogen and oxygen atoms in total. The van der Waals surface area contributed by atoms with Crippen molar-refractivity contribution in [2.45, 2.75) is 13.3 Å². The van der Waals surface area contributed by atoms with Crippen molar-refractivity contribution in [2.24, 2.45) is 0 Å². The van der Waals surface area contributed by atoms with Crippen LogP contribution in [0.4, 0.5) is 5.69 Å². The zero-order valence-corrected chi connectivity index (χ0v) is 11.6. The fraction of sp³-hybridized carbons (Fsp3) is 0.188. The second kappa shape index (κ2) is 7.17. The number of rotatable bonds is 3. The van der Waals surface area contributed by atoms with Gasteiger partial charge in [-0.1, -0.05) is 11.8 Å². The number of aliphatic hydroxyl groups is 1. The quantitative estimate of drug-likeness (QED) is 0.841. The molecule has 0 saturated carbocycles. The van der Waals surface area contributed by atoms with E-state index in [1.165, 1.54) is 6.20 Å². The summed E-state index contributed by atoms with van der Waals surface area (Å²) in [7, 11) is 0. The number of pyridine rings is 2. The molecule has 0 aliphatic rings. The van der Waals surface area contributed by atoms with E-state index in [-0.39, 0.29) is 12.5 Å². The first-order chi connectivity index (χ1) is 10.2. The van der Waals surface area contributed by atoms with Crippen molar-refractivity contribution >= 4 is 11.6 Å². The van der Waals surface area contributed by atoms with Gasteiger partial charge in [-0.05, 0) is 30.7 Å². The average Bonchev–Trinajstić information content (AvgIpc) is 2.50. The fourth-order valence-electron chi connectivity index (χ4n) is 1.60. The van der Waals surface area contributed by atoms with Crippen LogP contribution in [0, 0.1) is 18.8 Å². The molecule has 0 saturated heterocycles. The van der Waals surface area contributed by atoms with Crippen molar-refractivity contribution in [1.82, 2.24) is 9.97 Å². The van der Waals surface area contributed by atoms with E-state index in [4.69, 9.17) is 5.11 Å². The van der Waals surface area contributed by atoms with Gasteiger partial charge in [-0.3, -0.25) is 9.78 Å². The fourth-order valence-corrected chi connectivity index (χ4v) is 1.60. The highest BCUT2D eigenvalue weighted by Crippen LogP contribution is 2.12. The molecule has 2 N–H and O–H groups in total. The first-order valence-electron chi connectivity index (χ1n) is 6.48. The normalized spacial score (nSPS) is 9.62. The van der Waals surface area contributed by atoms with Crippen LogP contribution in [0.5, 0.6) is 0 Å². The third kappa shape index (κ3) is 4.13. The molecule has 5 heteroatoms. The number of nitrogens with zero attached hydrogens (tertiary/aromatic N) is 2. The number of nitrogens with one attached hydrogen (secondary N) is 1. The summed E-state index contributed by atoms with van der Waals surface area (Å²) in [5.41, 5.74) is 2.62. The minimum atomic E-state index is -0.291. The van der Waals surface area contributed by atoms with Crippen LogP contribution in [-0.4, -0.2) is 27.6 Å². The van der Waals surface area contributed by atoms with Crippen molar-refractivity contribution in [3.63, 3.8) is 0 Å². The maximum absolute atomic E-state index is 12.1. The summed E-state index contributed by atoms with van der Waals surface area (Å²) in [6, 6.07) is 5.16. The Morgan fingerprint density at radius 1 is 1.33 bits per heavy atom. The molecule has 0 unspecified atom stereocenters. The van der Waals surface area contributed by atoms with E-state index in [0.29, 0.717) is 23.4 Å². The van der Waals surface area contributed by atoms with Crippen LogP contribution in [0.1, 0.15) is 28.0 Å². The summed E-state index contributed by atoms with van der Waals surface area (Å²) >= 11 is 0. The van der Waals surface area contributed by atoms with Gasteiger partial charge >= 0.3 is 0 Å². The molecular formula is C16H15N3O2. The van der Waals surface area contributed by atoms with Gasteiger partial charge in [0.1, 0.15) is 5.69 Å². The number of aryl methyl sites for hydroxylation is 1. The van der Waals surface area contributed by atoms with Crippen molar-refractivity contribution in [1.29, 1.82) is 0 Å². The Morgan fingerprint density at radius 3 is 2.86 bits per heavy atom. The zero-order chi connectivity index (χ0) is 15.1. The third-order valence-corrected chi connectivity index (χ3v) is 2.75. The Morgan fingerprint density at radius 2 is 2.19 bits per heavy atom. The molecule has 0 spiro atoms. The molecule has 0 bridgehead atoms. The molecule has 2 aromatic heterocycles. The highest BCUT2D eigenvalue weighted by Gasteiger charge is 2.08. The standard InChI is InChI=1S/C16H15N3O2/c1-12-7-8-17-11-15(12)19-16(21)14-6-5-13(10-18-14)4-2-3-9-20/h5-8,10-11,20H,3,9H2,1H3,(H,19,21). The number of aromatic nitrogens is 2. The third-order valence-electron chi connectivity index (χ3n) is 2.75. The number of anilines is 1. The van der Waals surface area contributed by atoms with E-state index in [1.54, 1.807) is 24.5 Å². The number of hydrogen-bond acceptors (Lipinski definition) is 4. The lowest BCUT2D eigenvalue weighted by molar-refractivity contribution is 0.102. The van der Waals surface area contributed by atoms with E-state index in [9.17, 15) is 4.79 Å². The van der Waals surface area contributed by atoms with Gasteiger partial charge in [-0.15, -0.1) is 0 Å². The molecule has 106 valence electrons. The smallest absolute Gasteiger partial charge is 0.274 e. The SMILES string of the molecule is Cc1ccncc1NC(=O)c1ccc(C#CCCO)cn1. The van der Waals surface area contributed by atoms with E-state index in [0.717, 1.165) is 5.56 Å². The monoisotopic (exact) mass is 281 g/mol. The van der Waals surface area contributed by atoms with Gasteiger partial charge < -0.3 is 10.4 Å². The van der Waals surface area contributed by atoms with Crippen LogP contribution in [0.15, 0.2) is 36.8 Å². The van der Waals surface area contributed by atoms with Gasteiger partial charge in [-0.25, -0.2) is 4.98 Å². The van der Waals surface area contributed by atoms with Crippen LogP contribution in [-0.2, 0) is 0 Å². The molecule has 2 rings (SSSR count). The number of hydrogen-bond donors (Lipinski definition) is 2. The molecule has 0 fully saturated rings. The van der Waals surface area contributed by atoms with Crippen molar-refractivity contribution in [3.05, 3.63) is 53.6 Å². The van der Waals surface area contributed by atoms with Crippen LogP contribution in [0.2, 0.25) is 0 Å². The summed E-state index contributed by atoms with van der Waals surface area (Å²) in [4.78, 5) is 20.1. The van der Waals surface area contributed by atoms with E-state index >= 15 is 0 Å². The minimum Gasteiger partial charge on any atom is -0.395 e. The largest absolute Gasteiger partial charge is 0.395 e. The Balaban J connectivity index is 2.07. The van der Waals surface area contributed by atoms with E-state index in [1.807, 2.05) is 13.0 Å². The van der Waals surface area contributed by atoms with E-state index in [2.05, 4.69) is 27.1 Å². The molecule has 2 heterocycles. The van der Waals surface area contributed by atoms with E-state index < -0.39 is 0 Å². The summed E-state index contributed by atoms with van der Waals surface area (Å²) in [5, 5.41) is 11.4. The first-order valence-corrected chi connectivity index (χ1v) is 6.48. The topological polar surface area (TPSA) is 75.1 Å². The molecule has 0 atom stereocenters. The lowest BCUT2D eigenvalue weighted by Gasteiger charge is -2.06. The van der Waals surface area contributed by atoms with Crippen molar-refractivity contribution in [3.8, 4) is 11.8 Å². The Bertz CT molecular complexity index is 685. The zero-order valence-electron chi connectivity index (χ0n) is 11.6. The predicted octanol–water partition coefficient (Wildman–Crippen LogP) is 1.77. The molecular weight excluding hydrogens is 266 g/mol. The molecule has 2 aromatic rings. The summed E-state index contributed by atoms with van der Waals surface area (Å²) < 4.78 is 0. The highest BCUT2D eigenvalue weighted by molar-refractivity contribution is 6.03. The lowest BCUT2D eigenvalue weighted by atomic mass is 10.2. The number of aliphatic hydroxyl groups excluding tert-OH is 1. The van der Waals surface area contributed by atoms with Crippen LogP contribution in [0.3, 0.4) is 0 Å². The highest BCUT2D eigenvalue weighted by atomic mass is 16.2. The minimum absolute atomic E-state index is 0.0331. The molecule has 0 aliphatic carbocycles. The number of amides is 1. The van der Waals surface area contributed by atoms with Crippen molar-refractivity contribution in [2.75, 3.05) is 11.9 Å². The first kappa shape index (κ1) is 14.7. The Labute approximate surface area is 123 Å². The van der Waals surface area contributed by atoms with Gasteiger partial charge in [0.25, 0.3) is 5.91 Å². The molecule has 0 aromatic carbocycles. The van der Waals surface area contributed by atoms with Gasteiger partial charge in [0.2, 0.25) is 0 Å².